The molecule has 0 atom stereocenters. The fraction of sp³-hybridized carbons (Fsp3) is 0.263. The lowest BCUT2D eigenvalue weighted by molar-refractivity contribution is 0.311. The summed E-state index contributed by atoms with van der Waals surface area (Å²) in [5.74, 6) is -0.165. The third-order valence-electron chi connectivity index (χ3n) is 4.59. The van der Waals surface area contributed by atoms with Gasteiger partial charge in [-0.3, -0.25) is 0 Å². The number of fused-ring (bicyclic) bond motifs is 3. The summed E-state index contributed by atoms with van der Waals surface area (Å²) in [6.07, 6.45) is 0.952. The number of hydrogen-bond donors (Lipinski definition) is 0. The smallest absolute Gasteiger partial charge is 0.147 e. The maximum atomic E-state index is 14.4. The molecule has 1 aliphatic heterocycles. The van der Waals surface area contributed by atoms with Gasteiger partial charge in [-0.05, 0) is 43.8 Å². The normalized spacial score (nSPS) is 15.2. The third-order valence-corrected chi connectivity index (χ3v) is 4.59. The first-order chi connectivity index (χ1) is 10.6. The van der Waals surface area contributed by atoms with Gasteiger partial charge in [0.1, 0.15) is 5.82 Å². The van der Waals surface area contributed by atoms with Crippen molar-refractivity contribution in [3.8, 4) is 5.69 Å². The quantitative estimate of drug-likeness (QED) is 0.657. The van der Waals surface area contributed by atoms with Gasteiger partial charge in [0.25, 0.3) is 0 Å². The van der Waals surface area contributed by atoms with Crippen LogP contribution in [0.15, 0.2) is 42.5 Å². The zero-order valence-corrected chi connectivity index (χ0v) is 12.9. The van der Waals surface area contributed by atoms with E-state index in [-0.39, 0.29) is 5.82 Å². The minimum absolute atomic E-state index is 0.165. The average Bonchev–Trinajstić information content (AvgIpc) is 2.81. The van der Waals surface area contributed by atoms with Crippen LogP contribution >= 0.6 is 0 Å². The van der Waals surface area contributed by atoms with Crippen molar-refractivity contribution in [3.05, 3.63) is 65.1 Å². The Kier molecular flexibility index (Phi) is 3.05. The summed E-state index contributed by atoms with van der Waals surface area (Å²) in [6, 6.07) is 13.5. The van der Waals surface area contributed by atoms with Gasteiger partial charge in [-0.2, -0.15) is 0 Å². The molecule has 0 saturated carbocycles. The molecule has 0 N–H and O–H groups in total. The summed E-state index contributed by atoms with van der Waals surface area (Å²) < 4.78 is 16.5. The first-order valence-corrected chi connectivity index (χ1v) is 7.71. The Morgan fingerprint density at radius 2 is 1.91 bits per heavy atom. The molecule has 2 nitrogen and oxygen atoms in total. The fourth-order valence-electron chi connectivity index (χ4n) is 3.52. The predicted octanol–water partition coefficient (Wildman–Crippen LogP) is 4.07. The molecular formula is C19H19FN2. The van der Waals surface area contributed by atoms with Crippen molar-refractivity contribution < 1.29 is 4.39 Å². The minimum Gasteiger partial charge on any atom is -0.310 e. The van der Waals surface area contributed by atoms with Crippen LogP contribution in [0.1, 0.15) is 16.8 Å². The summed E-state index contributed by atoms with van der Waals surface area (Å²) in [6.45, 7) is 4.05. The molecule has 0 saturated heterocycles. The topological polar surface area (TPSA) is 8.17 Å². The molecule has 0 amide bonds. The molecule has 1 aliphatic rings. The first-order valence-electron chi connectivity index (χ1n) is 7.71. The molecule has 4 rings (SSSR count). The number of rotatable bonds is 1. The second kappa shape index (κ2) is 4.96. The highest BCUT2D eigenvalue weighted by atomic mass is 19.1. The molecule has 0 radical (unpaired) electrons. The van der Waals surface area contributed by atoms with E-state index in [1.54, 1.807) is 6.07 Å². The number of para-hydroxylation sites is 1. The Bertz CT molecular complexity index is 863. The van der Waals surface area contributed by atoms with E-state index in [9.17, 15) is 4.39 Å². The van der Waals surface area contributed by atoms with Crippen molar-refractivity contribution in [3.63, 3.8) is 0 Å². The van der Waals surface area contributed by atoms with Gasteiger partial charge in [-0.1, -0.05) is 23.8 Å². The second-order valence-corrected chi connectivity index (χ2v) is 6.22. The van der Waals surface area contributed by atoms with E-state index in [1.807, 2.05) is 12.1 Å². The molecule has 3 aromatic rings. The number of aromatic nitrogens is 1. The van der Waals surface area contributed by atoms with E-state index < -0.39 is 0 Å². The monoisotopic (exact) mass is 294 g/mol. The van der Waals surface area contributed by atoms with Crippen LogP contribution in [-0.2, 0) is 13.0 Å². The van der Waals surface area contributed by atoms with E-state index in [0.717, 1.165) is 25.0 Å². The summed E-state index contributed by atoms with van der Waals surface area (Å²) in [5.41, 5.74) is 5.60. The SMILES string of the molecule is Cc1ccc2c(c1)c1c(n2-c2ccccc2F)CCN(C)C1. The summed E-state index contributed by atoms with van der Waals surface area (Å²) in [4.78, 5) is 2.33. The van der Waals surface area contributed by atoms with Gasteiger partial charge in [0.15, 0.2) is 0 Å². The molecule has 3 heteroatoms. The molecule has 0 unspecified atom stereocenters. The molecular weight excluding hydrogens is 275 g/mol. The maximum absolute atomic E-state index is 14.4. The Morgan fingerprint density at radius 3 is 2.73 bits per heavy atom. The van der Waals surface area contributed by atoms with Crippen molar-refractivity contribution in [2.75, 3.05) is 13.6 Å². The molecule has 0 spiro atoms. The van der Waals surface area contributed by atoms with E-state index in [2.05, 4.69) is 41.6 Å². The zero-order chi connectivity index (χ0) is 15.3. The minimum atomic E-state index is -0.165. The molecule has 112 valence electrons. The molecule has 0 bridgehead atoms. The van der Waals surface area contributed by atoms with E-state index in [4.69, 9.17) is 0 Å². The number of nitrogens with zero attached hydrogens (tertiary/aromatic N) is 2. The number of aryl methyl sites for hydroxylation is 1. The van der Waals surface area contributed by atoms with Crippen LogP contribution in [-0.4, -0.2) is 23.1 Å². The van der Waals surface area contributed by atoms with Crippen molar-refractivity contribution in [2.24, 2.45) is 0 Å². The second-order valence-electron chi connectivity index (χ2n) is 6.22. The molecule has 22 heavy (non-hydrogen) atoms. The van der Waals surface area contributed by atoms with Crippen LogP contribution in [0.3, 0.4) is 0 Å². The van der Waals surface area contributed by atoms with Gasteiger partial charge in [-0.15, -0.1) is 0 Å². The average molecular weight is 294 g/mol. The fourth-order valence-corrected chi connectivity index (χ4v) is 3.52. The van der Waals surface area contributed by atoms with Gasteiger partial charge < -0.3 is 9.47 Å². The number of likely N-dealkylation sites (N-methyl/N-ethyl adjacent to an activating group) is 1. The van der Waals surface area contributed by atoms with Crippen molar-refractivity contribution in [2.45, 2.75) is 19.9 Å². The zero-order valence-electron chi connectivity index (χ0n) is 12.9. The first kappa shape index (κ1) is 13.5. The standard InChI is InChI=1S/C19H19FN2/c1-13-7-8-17-14(11-13)15-12-21(2)10-9-18(15)22(17)19-6-4-3-5-16(19)20/h3-8,11H,9-10,12H2,1-2H3. The van der Waals surface area contributed by atoms with E-state index >= 15 is 0 Å². The van der Waals surface area contributed by atoms with E-state index in [0.29, 0.717) is 5.69 Å². The van der Waals surface area contributed by atoms with Crippen LogP contribution in [0.2, 0.25) is 0 Å². The van der Waals surface area contributed by atoms with Gasteiger partial charge in [0.2, 0.25) is 0 Å². The molecule has 1 aromatic heterocycles. The largest absolute Gasteiger partial charge is 0.310 e. The lowest BCUT2D eigenvalue weighted by atomic mass is 10.0. The molecule has 0 fully saturated rings. The Balaban J connectivity index is 2.09. The van der Waals surface area contributed by atoms with Gasteiger partial charge in [-0.25, -0.2) is 4.39 Å². The van der Waals surface area contributed by atoms with Gasteiger partial charge >= 0.3 is 0 Å². The highest BCUT2D eigenvalue weighted by Crippen LogP contribution is 2.34. The summed E-state index contributed by atoms with van der Waals surface area (Å²) in [7, 11) is 2.14. The van der Waals surface area contributed by atoms with Crippen LogP contribution in [0, 0.1) is 12.7 Å². The van der Waals surface area contributed by atoms with Crippen LogP contribution in [0.4, 0.5) is 4.39 Å². The highest BCUT2D eigenvalue weighted by molar-refractivity contribution is 5.88. The number of hydrogen-bond acceptors (Lipinski definition) is 1. The Morgan fingerprint density at radius 1 is 1.09 bits per heavy atom. The summed E-state index contributed by atoms with van der Waals surface area (Å²) >= 11 is 0. The van der Waals surface area contributed by atoms with Gasteiger partial charge in [0.05, 0.1) is 11.2 Å². The maximum Gasteiger partial charge on any atom is 0.147 e. The lowest BCUT2D eigenvalue weighted by Gasteiger charge is -2.24. The predicted molar refractivity (Wildman–Crippen MR) is 88.0 cm³/mol. The van der Waals surface area contributed by atoms with Crippen molar-refractivity contribution >= 4 is 10.9 Å². The Hall–Kier alpha value is -2.13. The highest BCUT2D eigenvalue weighted by Gasteiger charge is 2.24. The number of halogens is 1. The summed E-state index contributed by atoms with van der Waals surface area (Å²) in [5, 5.41) is 1.25. The van der Waals surface area contributed by atoms with Crippen molar-refractivity contribution in [1.82, 2.24) is 9.47 Å². The lowest BCUT2D eigenvalue weighted by Crippen LogP contribution is -2.27. The Labute approximate surface area is 129 Å². The number of benzene rings is 2. The van der Waals surface area contributed by atoms with Crippen LogP contribution in [0.5, 0.6) is 0 Å². The van der Waals surface area contributed by atoms with Gasteiger partial charge in [0, 0.05) is 30.6 Å². The van der Waals surface area contributed by atoms with Crippen LogP contribution in [0.25, 0.3) is 16.6 Å². The molecule has 0 aliphatic carbocycles. The van der Waals surface area contributed by atoms with Crippen LogP contribution < -0.4 is 0 Å². The third kappa shape index (κ3) is 1.97. The molecule has 2 aromatic carbocycles. The van der Waals surface area contributed by atoms with Crippen molar-refractivity contribution in [1.29, 1.82) is 0 Å². The molecule has 2 heterocycles. The van der Waals surface area contributed by atoms with E-state index in [1.165, 1.54) is 28.3 Å².